The lowest BCUT2D eigenvalue weighted by atomic mass is 9.84. The normalized spacial score (nSPS) is 17.4. The first kappa shape index (κ1) is 17.0. The summed E-state index contributed by atoms with van der Waals surface area (Å²) in [6, 6.07) is 19.7. The maximum atomic E-state index is 4.53. The molecule has 0 aliphatic carbocycles. The summed E-state index contributed by atoms with van der Waals surface area (Å²) in [5.41, 5.74) is 4.26. The van der Waals surface area contributed by atoms with E-state index in [4.69, 9.17) is 0 Å². The lowest BCUT2D eigenvalue weighted by molar-refractivity contribution is 0.220. The Morgan fingerprint density at radius 1 is 1.04 bits per heavy atom. The van der Waals surface area contributed by atoms with Crippen LogP contribution in [-0.4, -0.2) is 26.2 Å². The number of hydrogen-bond acceptors (Lipinski definition) is 3. The second-order valence-electron chi connectivity index (χ2n) is 7.58. The van der Waals surface area contributed by atoms with Crippen LogP contribution in [0.4, 0.5) is 0 Å². The molecule has 2 heterocycles. The van der Waals surface area contributed by atoms with Gasteiger partial charge in [0.15, 0.2) is 0 Å². The van der Waals surface area contributed by atoms with Gasteiger partial charge in [-0.25, -0.2) is 9.67 Å². The topological polar surface area (TPSA) is 34.0 Å². The van der Waals surface area contributed by atoms with Crippen LogP contribution in [-0.2, 0) is 19.6 Å². The molecule has 0 fully saturated rings. The zero-order valence-electron chi connectivity index (χ0n) is 15.5. The SMILES string of the molecule is CC(C)Cn1ncnc1CN1Cc2ccccc2[C@H](c2ccccc2)C1. The summed E-state index contributed by atoms with van der Waals surface area (Å²) in [6.07, 6.45) is 1.68. The molecule has 0 N–H and O–H groups in total. The number of nitrogens with zero attached hydrogens (tertiary/aromatic N) is 4. The fourth-order valence-corrected chi connectivity index (χ4v) is 3.88. The molecule has 0 saturated heterocycles. The number of benzene rings is 2. The van der Waals surface area contributed by atoms with Gasteiger partial charge >= 0.3 is 0 Å². The minimum absolute atomic E-state index is 0.405. The first-order chi connectivity index (χ1) is 12.7. The Morgan fingerprint density at radius 2 is 1.81 bits per heavy atom. The number of rotatable bonds is 5. The van der Waals surface area contributed by atoms with Crippen LogP contribution < -0.4 is 0 Å². The molecule has 0 radical (unpaired) electrons. The molecule has 4 rings (SSSR count). The van der Waals surface area contributed by atoms with Crippen LogP contribution in [0.3, 0.4) is 0 Å². The first-order valence-corrected chi connectivity index (χ1v) is 9.42. The molecule has 1 atom stereocenters. The van der Waals surface area contributed by atoms with Gasteiger partial charge in [-0.05, 0) is 22.6 Å². The van der Waals surface area contributed by atoms with E-state index in [1.807, 2.05) is 0 Å². The van der Waals surface area contributed by atoms with Crippen LogP contribution in [0.1, 0.15) is 42.3 Å². The lowest BCUT2D eigenvalue weighted by Gasteiger charge is -2.34. The Labute approximate surface area is 155 Å². The fourth-order valence-electron chi connectivity index (χ4n) is 3.88. The number of fused-ring (bicyclic) bond motifs is 1. The van der Waals surface area contributed by atoms with E-state index in [1.165, 1.54) is 16.7 Å². The first-order valence-electron chi connectivity index (χ1n) is 9.42. The third-order valence-electron chi connectivity index (χ3n) is 5.07. The van der Waals surface area contributed by atoms with E-state index in [9.17, 15) is 0 Å². The highest BCUT2D eigenvalue weighted by atomic mass is 15.3. The molecule has 1 aliphatic rings. The molecule has 1 aliphatic heterocycles. The average molecular weight is 346 g/mol. The minimum atomic E-state index is 0.405. The lowest BCUT2D eigenvalue weighted by Crippen LogP contribution is -2.34. The van der Waals surface area contributed by atoms with E-state index in [2.05, 4.69) is 88.1 Å². The van der Waals surface area contributed by atoms with Crippen molar-refractivity contribution in [2.45, 2.75) is 39.4 Å². The van der Waals surface area contributed by atoms with Gasteiger partial charge in [0, 0.05) is 25.6 Å². The van der Waals surface area contributed by atoms with Gasteiger partial charge in [0.1, 0.15) is 12.2 Å². The summed E-state index contributed by atoms with van der Waals surface area (Å²) in [4.78, 5) is 7.03. The Hall–Kier alpha value is -2.46. The maximum absolute atomic E-state index is 4.53. The second kappa shape index (κ2) is 7.42. The van der Waals surface area contributed by atoms with Gasteiger partial charge in [0.2, 0.25) is 0 Å². The molecule has 0 spiro atoms. The highest BCUT2D eigenvalue weighted by Crippen LogP contribution is 2.33. The van der Waals surface area contributed by atoms with Crippen LogP contribution in [0, 0.1) is 5.92 Å². The Bertz CT molecular complexity index is 853. The van der Waals surface area contributed by atoms with Crippen molar-refractivity contribution >= 4 is 0 Å². The van der Waals surface area contributed by atoms with Gasteiger partial charge in [-0.3, -0.25) is 4.90 Å². The molecule has 1 aromatic heterocycles. The Kier molecular flexibility index (Phi) is 4.85. The number of hydrogen-bond donors (Lipinski definition) is 0. The van der Waals surface area contributed by atoms with Crippen molar-refractivity contribution in [2.24, 2.45) is 5.92 Å². The third-order valence-corrected chi connectivity index (χ3v) is 5.07. The molecule has 0 saturated carbocycles. The van der Waals surface area contributed by atoms with Crippen LogP contribution in [0.5, 0.6) is 0 Å². The van der Waals surface area contributed by atoms with Crippen molar-refractivity contribution in [3.8, 4) is 0 Å². The summed E-state index contributed by atoms with van der Waals surface area (Å²) in [6.45, 7) is 8.16. The van der Waals surface area contributed by atoms with Gasteiger partial charge in [-0.1, -0.05) is 68.4 Å². The van der Waals surface area contributed by atoms with Crippen LogP contribution in [0.15, 0.2) is 60.9 Å². The van der Waals surface area contributed by atoms with Gasteiger partial charge in [0.25, 0.3) is 0 Å². The monoisotopic (exact) mass is 346 g/mol. The highest BCUT2D eigenvalue weighted by Gasteiger charge is 2.27. The molecule has 3 aromatic rings. The molecule has 26 heavy (non-hydrogen) atoms. The average Bonchev–Trinajstić information content (AvgIpc) is 3.08. The summed E-state index contributed by atoms with van der Waals surface area (Å²) >= 11 is 0. The van der Waals surface area contributed by atoms with Crippen LogP contribution in [0.2, 0.25) is 0 Å². The van der Waals surface area contributed by atoms with Gasteiger partial charge in [-0.15, -0.1) is 0 Å². The van der Waals surface area contributed by atoms with E-state index in [0.717, 1.165) is 32.0 Å². The predicted octanol–water partition coefficient (Wildman–Crippen LogP) is 4.08. The summed E-state index contributed by atoms with van der Waals surface area (Å²) < 4.78 is 2.06. The molecular formula is C22H26N4. The Morgan fingerprint density at radius 3 is 2.62 bits per heavy atom. The fraction of sp³-hybridized carbons (Fsp3) is 0.364. The van der Waals surface area contributed by atoms with Gasteiger partial charge in [-0.2, -0.15) is 5.10 Å². The molecule has 0 amide bonds. The summed E-state index contributed by atoms with van der Waals surface area (Å²) in [5.74, 6) is 2.03. The van der Waals surface area contributed by atoms with Crippen LogP contribution in [0.25, 0.3) is 0 Å². The zero-order chi connectivity index (χ0) is 17.9. The van der Waals surface area contributed by atoms with Crippen molar-refractivity contribution in [2.75, 3.05) is 6.54 Å². The molecule has 134 valence electrons. The molecular weight excluding hydrogens is 320 g/mol. The van der Waals surface area contributed by atoms with Crippen molar-refractivity contribution in [3.05, 3.63) is 83.4 Å². The van der Waals surface area contributed by atoms with Gasteiger partial charge in [0.05, 0.1) is 6.54 Å². The van der Waals surface area contributed by atoms with Crippen molar-refractivity contribution in [3.63, 3.8) is 0 Å². The summed E-state index contributed by atoms with van der Waals surface area (Å²) in [5, 5.41) is 4.42. The van der Waals surface area contributed by atoms with E-state index in [-0.39, 0.29) is 0 Å². The third kappa shape index (κ3) is 3.56. The highest BCUT2D eigenvalue weighted by molar-refractivity contribution is 5.40. The molecule has 0 unspecified atom stereocenters. The minimum Gasteiger partial charge on any atom is -0.291 e. The molecule has 4 heteroatoms. The molecule has 2 aromatic carbocycles. The Balaban J connectivity index is 1.61. The van der Waals surface area contributed by atoms with Crippen LogP contribution >= 0.6 is 0 Å². The number of aromatic nitrogens is 3. The zero-order valence-corrected chi connectivity index (χ0v) is 15.5. The van der Waals surface area contributed by atoms with E-state index in [0.29, 0.717) is 11.8 Å². The van der Waals surface area contributed by atoms with E-state index >= 15 is 0 Å². The smallest absolute Gasteiger partial charge is 0.141 e. The predicted molar refractivity (Wildman–Crippen MR) is 104 cm³/mol. The standard InChI is InChI=1S/C22H26N4/c1-17(2)12-26-22(23-16-24-26)15-25-13-19-10-6-7-11-20(19)21(14-25)18-8-4-3-5-9-18/h3-11,16-17,21H,12-15H2,1-2H3/t21-/m0/s1. The van der Waals surface area contributed by atoms with Gasteiger partial charge < -0.3 is 0 Å². The largest absolute Gasteiger partial charge is 0.291 e. The van der Waals surface area contributed by atoms with E-state index < -0.39 is 0 Å². The van der Waals surface area contributed by atoms with E-state index in [1.54, 1.807) is 6.33 Å². The van der Waals surface area contributed by atoms with Crippen molar-refractivity contribution in [1.29, 1.82) is 0 Å². The maximum Gasteiger partial charge on any atom is 0.141 e. The second-order valence-corrected chi connectivity index (χ2v) is 7.58. The summed E-state index contributed by atoms with van der Waals surface area (Å²) in [7, 11) is 0. The van der Waals surface area contributed by atoms with Crippen molar-refractivity contribution < 1.29 is 0 Å². The molecule has 0 bridgehead atoms. The van der Waals surface area contributed by atoms with Crippen molar-refractivity contribution in [1.82, 2.24) is 19.7 Å². The molecule has 4 nitrogen and oxygen atoms in total. The quantitative estimate of drug-likeness (QED) is 0.698.